The van der Waals surface area contributed by atoms with E-state index in [0.29, 0.717) is 5.75 Å². The minimum absolute atomic E-state index is 0.0400. The molecule has 1 aromatic rings. The highest BCUT2D eigenvalue weighted by Crippen LogP contribution is 2.27. The Balaban J connectivity index is 0.000000437. The van der Waals surface area contributed by atoms with E-state index in [1.807, 2.05) is 19.0 Å². The van der Waals surface area contributed by atoms with E-state index in [1.54, 1.807) is 18.3 Å². The largest absolute Gasteiger partial charge is 0.507 e. The van der Waals surface area contributed by atoms with E-state index >= 15 is 0 Å². The third-order valence-corrected chi connectivity index (χ3v) is 1.94. The molecule has 0 heterocycles. The van der Waals surface area contributed by atoms with Gasteiger partial charge in [0.2, 0.25) is 0 Å². The number of rotatable bonds is 3. The van der Waals surface area contributed by atoms with Crippen molar-refractivity contribution >= 4 is 5.78 Å². The predicted molar refractivity (Wildman–Crippen MR) is 68.5 cm³/mol. The first-order chi connectivity index (χ1) is 7.93. The molecular formula is C13H19NO3. The standard InChI is InChI=1S/C9H10O3.C4H9N/c1-6(10)9-7(11)4-3-5-8(9)12-2;1-4-5(2)3/h3-5,11H,1-2H3;4H,1H2,2-3H3. The number of hydrogen-bond acceptors (Lipinski definition) is 4. The summed E-state index contributed by atoms with van der Waals surface area (Å²) in [5.74, 6) is 0.161. The van der Waals surface area contributed by atoms with Crippen LogP contribution in [0.1, 0.15) is 17.3 Å². The zero-order valence-electron chi connectivity index (χ0n) is 10.7. The van der Waals surface area contributed by atoms with Gasteiger partial charge in [0, 0.05) is 14.1 Å². The second kappa shape index (κ2) is 7.33. The van der Waals surface area contributed by atoms with E-state index in [-0.39, 0.29) is 17.1 Å². The maximum atomic E-state index is 11.0. The molecule has 0 atom stereocenters. The van der Waals surface area contributed by atoms with Crippen LogP contribution in [0.15, 0.2) is 31.0 Å². The Morgan fingerprint density at radius 1 is 1.47 bits per heavy atom. The maximum Gasteiger partial charge on any atom is 0.167 e. The molecule has 0 radical (unpaired) electrons. The van der Waals surface area contributed by atoms with Crippen molar-refractivity contribution in [1.82, 2.24) is 4.90 Å². The number of aromatic hydroxyl groups is 1. The van der Waals surface area contributed by atoms with Crippen LogP contribution in [-0.4, -0.2) is 37.0 Å². The molecule has 0 saturated carbocycles. The van der Waals surface area contributed by atoms with Crippen molar-refractivity contribution in [3.05, 3.63) is 36.5 Å². The highest BCUT2D eigenvalue weighted by Gasteiger charge is 2.11. The Morgan fingerprint density at radius 2 is 2.00 bits per heavy atom. The van der Waals surface area contributed by atoms with Gasteiger partial charge in [-0.1, -0.05) is 12.6 Å². The molecule has 94 valence electrons. The molecule has 17 heavy (non-hydrogen) atoms. The summed E-state index contributed by atoms with van der Waals surface area (Å²) in [4.78, 5) is 12.9. The topological polar surface area (TPSA) is 49.8 Å². The van der Waals surface area contributed by atoms with Crippen molar-refractivity contribution in [3.8, 4) is 11.5 Å². The summed E-state index contributed by atoms with van der Waals surface area (Å²) in [5, 5.41) is 9.29. The molecule has 0 spiro atoms. The summed E-state index contributed by atoms with van der Waals surface area (Å²) >= 11 is 0. The lowest BCUT2D eigenvalue weighted by Gasteiger charge is -2.06. The fraction of sp³-hybridized carbons (Fsp3) is 0.308. The van der Waals surface area contributed by atoms with Crippen molar-refractivity contribution in [3.63, 3.8) is 0 Å². The van der Waals surface area contributed by atoms with Crippen LogP contribution in [0.4, 0.5) is 0 Å². The number of nitrogens with zero attached hydrogens (tertiary/aromatic N) is 1. The summed E-state index contributed by atoms with van der Waals surface area (Å²) in [5.41, 5.74) is 0.236. The Morgan fingerprint density at radius 3 is 2.29 bits per heavy atom. The van der Waals surface area contributed by atoms with E-state index in [2.05, 4.69) is 6.58 Å². The number of phenols is 1. The average Bonchev–Trinajstić information content (AvgIpc) is 2.28. The number of Topliss-reactive ketones (excluding diaryl/α,β-unsaturated/α-hetero) is 1. The van der Waals surface area contributed by atoms with Crippen LogP contribution in [0.5, 0.6) is 11.5 Å². The molecule has 0 aliphatic carbocycles. The first kappa shape index (κ1) is 15.0. The molecule has 4 heteroatoms. The van der Waals surface area contributed by atoms with Gasteiger partial charge in [0.15, 0.2) is 5.78 Å². The molecule has 0 unspecified atom stereocenters. The number of phenolic OH excluding ortho intramolecular Hbond substituents is 1. The molecular weight excluding hydrogens is 218 g/mol. The lowest BCUT2D eigenvalue weighted by atomic mass is 10.1. The quantitative estimate of drug-likeness (QED) is 0.819. The van der Waals surface area contributed by atoms with Gasteiger partial charge in [0.05, 0.1) is 7.11 Å². The first-order valence-electron chi connectivity index (χ1n) is 5.09. The molecule has 0 aromatic heterocycles. The molecule has 0 saturated heterocycles. The Kier molecular flexibility index (Phi) is 6.48. The lowest BCUT2D eigenvalue weighted by Crippen LogP contribution is -1.97. The molecule has 0 aliphatic rings. The molecule has 0 aliphatic heterocycles. The van der Waals surface area contributed by atoms with Gasteiger partial charge in [-0.2, -0.15) is 0 Å². The number of ether oxygens (including phenoxy) is 1. The van der Waals surface area contributed by atoms with Crippen LogP contribution >= 0.6 is 0 Å². The summed E-state index contributed by atoms with van der Waals surface area (Å²) in [6, 6.07) is 4.72. The van der Waals surface area contributed by atoms with Gasteiger partial charge >= 0.3 is 0 Å². The molecule has 1 N–H and O–H groups in total. The van der Waals surface area contributed by atoms with Gasteiger partial charge in [0.25, 0.3) is 0 Å². The third-order valence-electron chi connectivity index (χ3n) is 1.94. The van der Waals surface area contributed by atoms with Crippen molar-refractivity contribution in [1.29, 1.82) is 0 Å². The fourth-order valence-electron chi connectivity index (χ4n) is 1.04. The summed E-state index contributed by atoms with van der Waals surface area (Å²) in [7, 11) is 5.33. The number of carbonyl (C=O) groups is 1. The minimum atomic E-state index is -0.204. The third kappa shape index (κ3) is 5.06. The molecule has 0 bridgehead atoms. The highest BCUT2D eigenvalue weighted by molar-refractivity contribution is 5.99. The van der Waals surface area contributed by atoms with Crippen LogP contribution in [0.25, 0.3) is 0 Å². The van der Waals surface area contributed by atoms with E-state index in [4.69, 9.17) is 4.74 Å². The second-order valence-electron chi connectivity index (χ2n) is 3.56. The van der Waals surface area contributed by atoms with Crippen LogP contribution in [0.2, 0.25) is 0 Å². The Hall–Kier alpha value is -1.97. The number of benzene rings is 1. The molecule has 0 amide bonds. The maximum absolute atomic E-state index is 11.0. The summed E-state index contributed by atoms with van der Waals surface area (Å²) in [6.07, 6.45) is 1.75. The first-order valence-corrected chi connectivity index (χ1v) is 5.09. The van der Waals surface area contributed by atoms with Crippen LogP contribution < -0.4 is 4.74 Å². The van der Waals surface area contributed by atoms with E-state index in [0.717, 1.165) is 0 Å². The zero-order chi connectivity index (χ0) is 13.4. The number of methoxy groups -OCH3 is 1. The van der Waals surface area contributed by atoms with Crippen molar-refractivity contribution in [2.45, 2.75) is 6.92 Å². The van der Waals surface area contributed by atoms with Gasteiger partial charge < -0.3 is 14.7 Å². The smallest absolute Gasteiger partial charge is 0.167 e. The Bertz CT molecular complexity index is 386. The molecule has 1 aromatic carbocycles. The number of carbonyl (C=O) groups excluding carboxylic acids is 1. The normalized spacial score (nSPS) is 8.71. The molecule has 1 rings (SSSR count). The summed E-state index contributed by atoms with van der Waals surface area (Å²) < 4.78 is 4.91. The van der Waals surface area contributed by atoms with Gasteiger partial charge in [0.1, 0.15) is 17.1 Å². The molecule has 0 fully saturated rings. The van der Waals surface area contributed by atoms with Crippen molar-refractivity contribution in [2.24, 2.45) is 0 Å². The predicted octanol–water partition coefficient (Wildman–Crippen LogP) is 2.29. The van der Waals surface area contributed by atoms with E-state index in [9.17, 15) is 9.90 Å². The van der Waals surface area contributed by atoms with Gasteiger partial charge in [-0.3, -0.25) is 4.79 Å². The second-order valence-corrected chi connectivity index (χ2v) is 3.56. The van der Waals surface area contributed by atoms with E-state index in [1.165, 1.54) is 20.1 Å². The summed E-state index contributed by atoms with van der Waals surface area (Å²) in [6.45, 7) is 4.87. The van der Waals surface area contributed by atoms with Gasteiger partial charge in [-0.15, -0.1) is 0 Å². The van der Waals surface area contributed by atoms with Gasteiger partial charge in [-0.05, 0) is 25.3 Å². The molecule has 4 nitrogen and oxygen atoms in total. The SMILES string of the molecule is C=CN(C)C.COc1cccc(O)c1C(C)=O. The van der Waals surface area contributed by atoms with Crippen LogP contribution in [-0.2, 0) is 0 Å². The van der Waals surface area contributed by atoms with Crippen LogP contribution in [0, 0.1) is 0 Å². The van der Waals surface area contributed by atoms with Crippen molar-refractivity contribution < 1.29 is 14.6 Å². The highest BCUT2D eigenvalue weighted by atomic mass is 16.5. The zero-order valence-corrected chi connectivity index (χ0v) is 10.7. The monoisotopic (exact) mass is 237 g/mol. The van der Waals surface area contributed by atoms with Crippen LogP contribution in [0.3, 0.4) is 0 Å². The van der Waals surface area contributed by atoms with Crippen molar-refractivity contribution in [2.75, 3.05) is 21.2 Å². The number of hydrogen-bond donors (Lipinski definition) is 1. The lowest BCUT2D eigenvalue weighted by molar-refractivity contribution is 0.101. The van der Waals surface area contributed by atoms with E-state index < -0.39 is 0 Å². The minimum Gasteiger partial charge on any atom is -0.507 e. The fourth-order valence-corrected chi connectivity index (χ4v) is 1.04. The Labute approximate surface area is 102 Å². The average molecular weight is 237 g/mol. The number of ketones is 1. The van der Waals surface area contributed by atoms with Gasteiger partial charge in [-0.25, -0.2) is 0 Å².